The minimum Gasteiger partial charge on any atom is -0.349 e. The average Bonchev–Trinajstić information content (AvgIpc) is 1.85. The molecule has 0 aliphatic rings. The first-order valence-corrected chi connectivity index (χ1v) is 3.25. The lowest BCUT2D eigenvalue weighted by Gasteiger charge is -1.95. The minimum absolute atomic E-state index is 0.104. The van der Waals surface area contributed by atoms with Crippen LogP contribution in [0.3, 0.4) is 0 Å². The van der Waals surface area contributed by atoms with Gasteiger partial charge in [-0.2, -0.15) is 12.6 Å². The third kappa shape index (κ3) is 5.36. The van der Waals surface area contributed by atoms with E-state index in [9.17, 15) is 9.59 Å². The van der Waals surface area contributed by atoms with Crippen LogP contribution in [0.15, 0.2) is 0 Å². The number of aldehydes is 1. The Balaban J connectivity index is 3.16. The highest BCUT2D eigenvalue weighted by atomic mass is 32.1. The van der Waals surface area contributed by atoms with Crippen LogP contribution in [0.5, 0.6) is 0 Å². The summed E-state index contributed by atoms with van der Waals surface area (Å²) in [5.74, 6) is 0.391. The fourth-order valence-corrected chi connectivity index (χ4v) is 0.549. The normalized spacial score (nSPS) is 8.56. The molecule has 0 bridgehead atoms. The Morgan fingerprint density at radius 3 is 2.78 bits per heavy atom. The number of thiol groups is 1. The van der Waals surface area contributed by atoms with E-state index in [2.05, 4.69) is 17.9 Å². The summed E-state index contributed by atoms with van der Waals surface area (Å²) < 4.78 is 0. The molecule has 0 radical (unpaired) electrons. The maximum absolute atomic E-state index is 10.5. The van der Waals surface area contributed by atoms with Gasteiger partial charge in [-0.3, -0.25) is 4.79 Å². The van der Waals surface area contributed by atoms with Crippen LogP contribution >= 0.6 is 12.6 Å². The number of carbonyl (C=O) groups is 2. The molecule has 0 unspecified atom stereocenters. The molecule has 0 rings (SSSR count). The molecule has 9 heavy (non-hydrogen) atoms. The second-order valence-corrected chi connectivity index (χ2v) is 1.89. The number of hydrogen-bond acceptors (Lipinski definition) is 3. The third-order valence-electron chi connectivity index (χ3n) is 0.721. The minimum atomic E-state index is -0.128. The summed E-state index contributed by atoms with van der Waals surface area (Å²) in [6.07, 6.45) is 1.02. The molecule has 0 aromatic heterocycles. The average molecular weight is 147 g/mol. The number of carbonyl (C=O) groups excluding carboxylic acids is 2. The molecular weight excluding hydrogens is 138 g/mol. The van der Waals surface area contributed by atoms with Crippen LogP contribution in [0.2, 0.25) is 0 Å². The zero-order valence-corrected chi connectivity index (χ0v) is 5.86. The first-order valence-electron chi connectivity index (χ1n) is 2.62. The van der Waals surface area contributed by atoms with Crippen LogP contribution < -0.4 is 5.32 Å². The van der Waals surface area contributed by atoms with Gasteiger partial charge in [-0.15, -0.1) is 0 Å². The van der Waals surface area contributed by atoms with Gasteiger partial charge < -0.3 is 10.1 Å². The van der Waals surface area contributed by atoms with E-state index in [1.54, 1.807) is 0 Å². The van der Waals surface area contributed by atoms with Gasteiger partial charge in [0.15, 0.2) is 0 Å². The Bertz CT molecular complexity index is 105. The first kappa shape index (κ1) is 8.49. The molecule has 3 nitrogen and oxygen atoms in total. The summed E-state index contributed by atoms with van der Waals surface area (Å²) in [5.41, 5.74) is 0. The van der Waals surface area contributed by atoms with E-state index in [-0.39, 0.29) is 12.5 Å². The van der Waals surface area contributed by atoms with Crippen molar-refractivity contribution in [1.29, 1.82) is 0 Å². The van der Waals surface area contributed by atoms with E-state index in [1.165, 1.54) is 0 Å². The van der Waals surface area contributed by atoms with Gasteiger partial charge in [-0.1, -0.05) is 0 Å². The molecule has 0 aliphatic carbocycles. The molecule has 0 spiro atoms. The molecule has 0 saturated heterocycles. The first-order chi connectivity index (χ1) is 4.31. The summed E-state index contributed by atoms with van der Waals surface area (Å²) in [6.45, 7) is 0.104. The van der Waals surface area contributed by atoms with E-state index < -0.39 is 0 Å². The predicted octanol–water partition coefficient (Wildman–Crippen LogP) is -0.379. The fraction of sp³-hybridized carbons (Fsp3) is 0.600. The molecule has 0 fully saturated rings. The quantitative estimate of drug-likeness (QED) is 0.420. The largest absolute Gasteiger partial charge is 0.349 e. The molecule has 0 aromatic rings. The lowest BCUT2D eigenvalue weighted by Crippen LogP contribution is -2.24. The van der Waals surface area contributed by atoms with Crippen molar-refractivity contribution in [3.05, 3.63) is 0 Å². The van der Waals surface area contributed by atoms with Crippen molar-refractivity contribution >= 4 is 24.8 Å². The number of nitrogens with one attached hydrogen (secondary N) is 1. The zero-order valence-electron chi connectivity index (χ0n) is 4.96. The van der Waals surface area contributed by atoms with Gasteiger partial charge in [0, 0.05) is 6.42 Å². The molecule has 1 amide bonds. The highest BCUT2D eigenvalue weighted by Gasteiger charge is 1.94. The molecular formula is C5H9NO2S. The Kier molecular flexibility index (Phi) is 5.30. The van der Waals surface area contributed by atoms with Crippen molar-refractivity contribution in [1.82, 2.24) is 5.32 Å². The van der Waals surface area contributed by atoms with Crippen molar-refractivity contribution < 1.29 is 9.59 Å². The smallest absolute Gasteiger partial charge is 0.221 e. The molecule has 0 aliphatic heterocycles. The highest BCUT2D eigenvalue weighted by Crippen LogP contribution is 1.81. The maximum atomic E-state index is 10.5. The topological polar surface area (TPSA) is 46.2 Å². The van der Waals surface area contributed by atoms with Crippen molar-refractivity contribution in [3.8, 4) is 0 Å². The van der Waals surface area contributed by atoms with Gasteiger partial charge in [0.2, 0.25) is 5.91 Å². The van der Waals surface area contributed by atoms with Crippen LogP contribution in [-0.2, 0) is 9.59 Å². The highest BCUT2D eigenvalue weighted by molar-refractivity contribution is 7.80. The Hall–Kier alpha value is -0.510. The lowest BCUT2D eigenvalue weighted by molar-refractivity contribution is -0.122. The second-order valence-electron chi connectivity index (χ2n) is 1.44. The Morgan fingerprint density at radius 2 is 2.33 bits per heavy atom. The SMILES string of the molecule is O=CCNC(=O)CCS. The van der Waals surface area contributed by atoms with Crippen LogP contribution in [0.1, 0.15) is 6.42 Å². The molecule has 0 saturated carbocycles. The molecule has 52 valence electrons. The molecule has 0 heterocycles. The Morgan fingerprint density at radius 1 is 1.67 bits per heavy atom. The maximum Gasteiger partial charge on any atom is 0.221 e. The molecule has 0 atom stereocenters. The lowest BCUT2D eigenvalue weighted by atomic mass is 10.4. The second kappa shape index (κ2) is 5.62. The van der Waals surface area contributed by atoms with E-state index >= 15 is 0 Å². The summed E-state index contributed by atoms with van der Waals surface area (Å²) in [5, 5.41) is 2.38. The van der Waals surface area contributed by atoms with E-state index in [0.29, 0.717) is 18.5 Å². The molecule has 4 heteroatoms. The summed E-state index contributed by atoms with van der Waals surface area (Å²) in [4.78, 5) is 20.2. The number of rotatable bonds is 4. The molecule has 0 aromatic carbocycles. The number of amides is 1. The van der Waals surface area contributed by atoms with Gasteiger partial charge in [-0.25, -0.2) is 0 Å². The van der Waals surface area contributed by atoms with Crippen LogP contribution in [0, 0.1) is 0 Å². The molecule has 1 N–H and O–H groups in total. The van der Waals surface area contributed by atoms with Crippen molar-refractivity contribution in [2.45, 2.75) is 6.42 Å². The summed E-state index contributed by atoms with van der Waals surface area (Å²) in [6, 6.07) is 0. The number of hydrogen-bond donors (Lipinski definition) is 2. The third-order valence-corrected chi connectivity index (χ3v) is 0.945. The zero-order chi connectivity index (χ0) is 7.11. The monoisotopic (exact) mass is 147 g/mol. The van der Waals surface area contributed by atoms with Gasteiger partial charge in [0.25, 0.3) is 0 Å². The van der Waals surface area contributed by atoms with Crippen molar-refractivity contribution in [3.63, 3.8) is 0 Å². The van der Waals surface area contributed by atoms with Gasteiger partial charge in [0.05, 0.1) is 6.54 Å². The summed E-state index contributed by atoms with van der Waals surface area (Å²) in [7, 11) is 0. The van der Waals surface area contributed by atoms with Gasteiger partial charge >= 0.3 is 0 Å². The van der Waals surface area contributed by atoms with Crippen LogP contribution in [0.25, 0.3) is 0 Å². The van der Waals surface area contributed by atoms with E-state index in [0.717, 1.165) is 0 Å². The Labute approximate surface area is 59.2 Å². The van der Waals surface area contributed by atoms with E-state index in [1.807, 2.05) is 0 Å². The van der Waals surface area contributed by atoms with Crippen molar-refractivity contribution in [2.75, 3.05) is 12.3 Å². The van der Waals surface area contributed by atoms with E-state index in [4.69, 9.17) is 0 Å². The van der Waals surface area contributed by atoms with Gasteiger partial charge in [-0.05, 0) is 5.75 Å². The predicted molar refractivity (Wildman–Crippen MR) is 37.5 cm³/mol. The standard InChI is InChI=1S/C5H9NO2S/c7-3-2-6-5(8)1-4-9/h3,9H,1-2,4H2,(H,6,8). The van der Waals surface area contributed by atoms with Gasteiger partial charge in [0.1, 0.15) is 6.29 Å². The summed E-state index contributed by atoms with van der Waals surface area (Å²) >= 11 is 3.83. The fourth-order valence-electron chi connectivity index (χ4n) is 0.345. The van der Waals surface area contributed by atoms with Crippen LogP contribution in [-0.4, -0.2) is 24.5 Å². The van der Waals surface area contributed by atoms with Crippen LogP contribution in [0.4, 0.5) is 0 Å². The van der Waals surface area contributed by atoms with Crippen molar-refractivity contribution in [2.24, 2.45) is 0 Å².